The summed E-state index contributed by atoms with van der Waals surface area (Å²) in [5.74, 6) is -2.81. The number of methoxy groups -OCH3 is 2. The molecule has 276 valence electrons. The summed E-state index contributed by atoms with van der Waals surface area (Å²) in [6.45, 7) is 7.83. The molecule has 3 rings (SSSR count). The molecule has 4 amide bonds. The number of nitro groups is 1. The highest BCUT2D eigenvalue weighted by Crippen LogP contribution is 2.40. The van der Waals surface area contributed by atoms with E-state index in [4.69, 9.17) is 14.2 Å². The predicted molar refractivity (Wildman–Crippen MR) is 184 cm³/mol. The number of hydrogen-bond acceptors (Lipinski definition) is 12. The molecule has 0 aliphatic carbocycles. The number of carbonyl (C=O) groups is 5. The van der Waals surface area contributed by atoms with E-state index in [1.54, 1.807) is 26.0 Å². The number of esters is 1. The molecule has 0 radical (unpaired) electrons. The number of benzene rings is 2. The first-order valence-electron chi connectivity index (χ1n) is 16.0. The fourth-order valence-electron chi connectivity index (χ4n) is 5.23. The van der Waals surface area contributed by atoms with Crippen LogP contribution in [0, 0.1) is 16.0 Å². The van der Waals surface area contributed by atoms with E-state index < -0.39 is 65.1 Å². The van der Waals surface area contributed by atoms with Gasteiger partial charge in [-0.2, -0.15) is 0 Å². The van der Waals surface area contributed by atoms with Crippen LogP contribution < -0.4 is 30.3 Å². The number of hydrogen-bond donors (Lipinski definition) is 4. The molecule has 3 atom stereocenters. The SMILES string of the molecule is C=CCOC(=O)N[C@H](C(=O)N[C@@H](C)C(=O)Nc1ccc2c(c1)N(C(=O)c1cc(OC)c(OCCCC(=O)OC)cc1[N+](=O)[O-])[C@H](CO)C2)C(C)C. The number of aliphatic hydroxyl groups is 1. The van der Waals surface area contributed by atoms with Gasteiger partial charge in [0.2, 0.25) is 11.8 Å². The highest BCUT2D eigenvalue weighted by Gasteiger charge is 2.38. The number of anilines is 2. The number of carbonyl (C=O) groups excluding carboxylic acids is 5. The van der Waals surface area contributed by atoms with Crippen molar-refractivity contribution in [2.75, 3.05) is 44.3 Å². The van der Waals surface area contributed by atoms with Crippen LogP contribution in [-0.2, 0) is 30.3 Å². The first-order chi connectivity index (χ1) is 24.3. The van der Waals surface area contributed by atoms with Crippen molar-refractivity contribution in [3.8, 4) is 11.5 Å². The van der Waals surface area contributed by atoms with Crippen molar-refractivity contribution in [3.05, 3.63) is 64.2 Å². The molecule has 1 aliphatic heterocycles. The summed E-state index contributed by atoms with van der Waals surface area (Å²) in [6, 6.07) is 4.12. The normalized spacial score (nSPS) is 14.4. The zero-order chi connectivity index (χ0) is 37.8. The Morgan fingerprint density at radius 3 is 2.41 bits per heavy atom. The van der Waals surface area contributed by atoms with Gasteiger partial charge < -0.3 is 44.9 Å². The van der Waals surface area contributed by atoms with E-state index >= 15 is 0 Å². The maximum atomic E-state index is 14.1. The van der Waals surface area contributed by atoms with Gasteiger partial charge in [-0.15, -0.1) is 0 Å². The Kier molecular flexibility index (Phi) is 14.3. The molecule has 0 aromatic heterocycles. The molecule has 0 saturated heterocycles. The van der Waals surface area contributed by atoms with Gasteiger partial charge in [0.15, 0.2) is 11.5 Å². The minimum Gasteiger partial charge on any atom is -0.493 e. The van der Waals surface area contributed by atoms with Crippen molar-refractivity contribution < 1.29 is 52.9 Å². The molecule has 17 heteroatoms. The van der Waals surface area contributed by atoms with Crippen molar-refractivity contribution >= 4 is 46.8 Å². The van der Waals surface area contributed by atoms with Crippen LogP contribution in [0.25, 0.3) is 0 Å². The minimum absolute atomic E-state index is 0.0126. The van der Waals surface area contributed by atoms with Crippen molar-refractivity contribution in [3.63, 3.8) is 0 Å². The van der Waals surface area contributed by atoms with Gasteiger partial charge >= 0.3 is 12.1 Å². The number of ether oxygens (including phenoxy) is 4. The fourth-order valence-corrected chi connectivity index (χ4v) is 5.23. The molecule has 0 spiro atoms. The van der Waals surface area contributed by atoms with Crippen LogP contribution in [0.3, 0.4) is 0 Å². The fraction of sp³-hybridized carbons (Fsp3) is 0.441. The van der Waals surface area contributed by atoms with Crippen LogP contribution >= 0.6 is 0 Å². The third-order valence-electron chi connectivity index (χ3n) is 7.89. The van der Waals surface area contributed by atoms with Gasteiger partial charge in [0.25, 0.3) is 11.6 Å². The molecular weight excluding hydrogens is 670 g/mol. The van der Waals surface area contributed by atoms with Gasteiger partial charge in [-0.05, 0) is 43.4 Å². The number of fused-ring (bicyclic) bond motifs is 1. The average Bonchev–Trinajstić information content (AvgIpc) is 3.48. The lowest BCUT2D eigenvalue weighted by atomic mass is 10.0. The summed E-state index contributed by atoms with van der Waals surface area (Å²) in [5.41, 5.74) is 0.261. The lowest BCUT2D eigenvalue weighted by Crippen LogP contribution is -2.53. The zero-order valence-corrected chi connectivity index (χ0v) is 29.1. The van der Waals surface area contributed by atoms with Crippen molar-refractivity contribution in [2.24, 2.45) is 5.92 Å². The molecule has 0 fully saturated rings. The topological polar surface area (TPSA) is 225 Å². The number of nitrogens with one attached hydrogen (secondary N) is 3. The molecule has 1 aliphatic rings. The van der Waals surface area contributed by atoms with Crippen LogP contribution in [0.15, 0.2) is 43.0 Å². The van der Waals surface area contributed by atoms with Crippen LogP contribution in [0.2, 0.25) is 0 Å². The third kappa shape index (κ3) is 10.2. The largest absolute Gasteiger partial charge is 0.493 e. The van der Waals surface area contributed by atoms with Crippen molar-refractivity contribution in [1.82, 2.24) is 10.6 Å². The number of nitro benzene ring substituents is 1. The first kappa shape index (κ1) is 39.7. The number of nitrogens with zero attached hydrogens (tertiary/aromatic N) is 2. The van der Waals surface area contributed by atoms with E-state index in [0.717, 1.165) is 6.07 Å². The summed E-state index contributed by atoms with van der Waals surface area (Å²) in [6.07, 6.45) is 1.11. The lowest BCUT2D eigenvalue weighted by Gasteiger charge is -2.25. The summed E-state index contributed by atoms with van der Waals surface area (Å²) in [4.78, 5) is 76.2. The minimum atomic E-state index is -1.06. The lowest BCUT2D eigenvalue weighted by molar-refractivity contribution is -0.385. The maximum absolute atomic E-state index is 14.1. The Morgan fingerprint density at radius 2 is 1.80 bits per heavy atom. The van der Waals surface area contributed by atoms with Crippen LogP contribution in [0.5, 0.6) is 11.5 Å². The summed E-state index contributed by atoms with van der Waals surface area (Å²) in [7, 11) is 2.55. The van der Waals surface area contributed by atoms with Crippen molar-refractivity contribution in [1.29, 1.82) is 0 Å². The van der Waals surface area contributed by atoms with Crippen LogP contribution in [0.4, 0.5) is 21.9 Å². The van der Waals surface area contributed by atoms with E-state index in [-0.39, 0.29) is 61.1 Å². The molecule has 51 heavy (non-hydrogen) atoms. The number of rotatable bonds is 17. The van der Waals surface area contributed by atoms with E-state index in [1.165, 1.54) is 44.3 Å². The molecule has 2 aromatic carbocycles. The van der Waals surface area contributed by atoms with Crippen molar-refractivity contribution in [2.45, 2.75) is 58.2 Å². The highest BCUT2D eigenvalue weighted by atomic mass is 16.6. The first-order valence-corrected chi connectivity index (χ1v) is 16.0. The molecule has 0 saturated carbocycles. The van der Waals surface area contributed by atoms with Gasteiger partial charge in [0.1, 0.15) is 24.3 Å². The molecule has 0 unspecified atom stereocenters. The molecule has 17 nitrogen and oxygen atoms in total. The second-order valence-electron chi connectivity index (χ2n) is 11.8. The van der Waals surface area contributed by atoms with Gasteiger partial charge in [-0.25, -0.2) is 4.79 Å². The third-order valence-corrected chi connectivity index (χ3v) is 7.89. The predicted octanol–water partition coefficient (Wildman–Crippen LogP) is 2.88. The number of amides is 4. The zero-order valence-electron chi connectivity index (χ0n) is 29.1. The Balaban J connectivity index is 1.83. The standard InChI is InChI=1S/C34H43N5O12/c1-7-12-51-34(45)37-30(19(2)3)32(43)35-20(4)31(42)36-22-11-10-21-14-23(18-40)38(25(21)15-22)33(44)24-16-27(48-5)28(17-26(24)39(46)47)50-13-8-9-29(41)49-6/h7,10-11,15-17,19-20,23,30,40H,1,8-9,12-14,18H2,2-6H3,(H,35,43)(H,36,42)(H,37,45)/t20-,23-,30-/m0/s1. The number of aliphatic hydroxyl groups excluding tert-OH is 1. The molecule has 0 bridgehead atoms. The second-order valence-corrected chi connectivity index (χ2v) is 11.8. The number of alkyl carbamates (subject to hydrolysis) is 1. The monoisotopic (exact) mass is 713 g/mol. The smallest absolute Gasteiger partial charge is 0.408 e. The Bertz CT molecular complexity index is 1650. The van der Waals surface area contributed by atoms with E-state index in [2.05, 4.69) is 27.3 Å². The summed E-state index contributed by atoms with van der Waals surface area (Å²) >= 11 is 0. The van der Waals surface area contributed by atoms with Crippen LogP contribution in [0.1, 0.15) is 49.5 Å². The Hall–Kier alpha value is -5.71. The molecular formula is C34H43N5O12. The van der Waals surface area contributed by atoms with Gasteiger partial charge in [0.05, 0.1) is 44.5 Å². The summed E-state index contributed by atoms with van der Waals surface area (Å²) in [5, 5.41) is 30.1. The molecule has 1 heterocycles. The summed E-state index contributed by atoms with van der Waals surface area (Å²) < 4.78 is 20.5. The van der Waals surface area contributed by atoms with Gasteiger partial charge in [-0.1, -0.05) is 32.6 Å². The van der Waals surface area contributed by atoms with E-state index in [0.29, 0.717) is 11.3 Å². The van der Waals surface area contributed by atoms with Gasteiger partial charge in [0, 0.05) is 23.9 Å². The Labute approximate surface area is 294 Å². The molecule has 4 N–H and O–H groups in total. The second kappa shape index (κ2) is 18.3. The van der Waals surface area contributed by atoms with E-state index in [1.807, 2.05) is 0 Å². The average molecular weight is 714 g/mol. The maximum Gasteiger partial charge on any atom is 0.408 e. The van der Waals surface area contributed by atoms with Gasteiger partial charge in [-0.3, -0.25) is 29.3 Å². The Morgan fingerprint density at radius 1 is 1.08 bits per heavy atom. The molecule has 2 aromatic rings. The van der Waals surface area contributed by atoms with Crippen LogP contribution in [-0.4, -0.2) is 92.0 Å². The quantitative estimate of drug-likeness (QED) is 0.0611. The highest BCUT2D eigenvalue weighted by molar-refractivity contribution is 6.11. The van der Waals surface area contributed by atoms with E-state index in [9.17, 15) is 39.2 Å².